The number of carbonyl (C=O) groups is 4. The third-order valence-corrected chi connectivity index (χ3v) is 4.26. The highest BCUT2D eigenvalue weighted by molar-refractivity contribution is 7.98. The van der Waals surface area contributed by atoms with Gasteiger partial charge in [-0.3, -0.25) is 19.3 Å². The standard InChI is InChI=1S/C16H18N2O5S/c1-23-16(22)12(7-8-24-2)17-13(19)9-18-14(20)10-5-3-4-6-11(10)15(18)21/h3-6,12H,7-9H2,1-2H3,(H,17,19)/t12-/m1/s1. The molecule has 2 rings (SSSR count). The van der Waals surface area contributed by atoms with Crippen molar-refractivity contribution in [1.82, 2.24) is 10.2 Å². The van der Waals surface area contributed by atoms with Crippen molar-refractivity contribution in [3.05, 3.63) is 35.4 Å². The first-order valence-corrected chi connectivity index (χ1v) is 8.70. The minimum Gasteiger partial charge on any atom is -0.467 e. The summed E-state index contributed by atoms with van der Waals surface area (Å²) >= 11 is 1.53. The first-order chi connectivity index (χ1) is 11.5. The van der Waals surface area contributed by atoms with Gasteiger partial charge >= 0.3 is 5.97 Å². The van der Waals surface area contributed by atoms with Gasteiger partial charge in [-0.05, 0) is 30.6 Å². The molecule has 0 spiro atoms. The number of amides is 3. The fourth-order valence-corrected chi connectivity index (χ4v) is 2.86. The van der Waals surface area contributed by atoms with Gasteiger partial charge in [-0.1, -0.05) is 12.1 Å². The van der Waals surface area contributed by atoms with Gasteiger partial charge in [-0.25, -0.2) is 4.79 Å². The summed E-state index contributed by atoms with van der Waals surface area (Å²) in [6.45, 7) is -0.431. The third kappa shape index (κ3) is 3.76. The van der Waals surface area contributed by atoms with E-state index in [1.54, 1.807) is 24.3 Å². The van der Waals surface area contributed by atoms with Crippen molar-refractivity contribution < 1.29 is 23.9 Å². The fourth-order valence-electron chi connectivity index (χ4n) is 2.39. The largest absolute Gasteiger partial charge is 0.467 e. The maximum absolute atomic E-state index is 12.2. The van der Waals surface area contributed by atoms with Crippen LogP contribution in [0.15, 0.2) is 24.3 Å². The van der Waals surface area contributed by atoms with Gasteiger partial charge in [0.15, 0.2) is 0 Å². The van der Waals surface area contributed by atoms with Crippen LogP contribution in [0.4, 0.5) is 0 Å². The van der Waals surface area contributed by atoms with E-state index in [2.05, 4.69) is 10.1 Å². The Hall–Kier alpha value is -2.35. The molecular formula is C16H18N2O5S. The molecule has 0 fully saturated rings. The molecule has 7 nitrogen and oxygen atoms in total. The van der Waals surface area contributed by atoms with E-state index < -0.39 is 36.3 Å². The van der Waals surface area contributed by atoms with Gasteiger partial charge in [-0.2, -0.15) is 11.8 Å². The van der Waals surface area contributed by atoms with Gasteiger partial charge in [0.25, 0.3) is 11.8 Å². The van der Waals surface area contributed by atoms with E-state index in [9.17, 15) is 19.2 Å². The van der Waals surface area contributed by atoms with E-state index in [0.29, 0.717) is 12.2 Å². The number of carbonyl (C=O) groups excluding carboxylic acids is 4. The minimum atomic E-state index is -0.801. The second kappa shape index (κ2) is 7.96. The van der Waals surface area contributed by atoms with Crippen LogP contribution >= 0.6 is 11.8 Å². The smallest absolute Gasteiger partial charge is 0.328 e. The van der Waals surface area contributed by atoms with Crippen LogP contribution in [0.3, 0.4) is 0 Å². The first-order valence-electron chi connectivity index (χ1n) is 7.31. The molecule has 8 heteroatoms. The molecule has 1 N–H and O–H groups in total. The van der Waals surface area contributed by atoms with Crippen molar-refractivity contribution in [3.8, 4) is 0 Å². The van der Waals surface area contributed by atoms with E-state index in [0.717, 1.165) is 4.90 Å². The summed E-state index contributed by atoms with van der Waals surface area (Å²) in [7, 11) is 1.24. The average molecular weight is 350 g/mol. The van der Waals surface area contributed by atoms with E-state index >= 15 is 0 Å². The van der Waals surface area contributed by atoms with E-state index in [-0.39, 0.29) is 11.1 Å². The van der Waals surface area contributed by atoms with Crippen molar-refractivity contribution in [2.24, 2.45) is 0 Å². The summed E-state index contributed by atoms with van der Waals surface area (Å²) in [4.78, 5) is 49.2. The summed E-state index contributed by atoms with van der Waals surface area (Å²) in [5.41, 5.74) is 0.560. The molecule has 1 atom stereocenters. The molecular weight excluding hydrogens is 332 g/mol. The van der Waals surface area contributed by atoms with E-state index in [1.807, 2.05) is 6.26 Å². The summed E-state index contributed by atoms with van der Waals surface area (Å²) in [5.74, 6) is -1.50. The van der Waals surface area contributed by atoms with Gasteiger partial charge in [0.05, 0.1) is 18.2 Å². The van der Waals surface area contributed by atoms with Crippen LogP contribution in [0.25, 0.3) is 0 Å². The molecule has 24 heavy (non-hydrogen) atoms. The Morgan fingerprint density at radius 2 is 1.79 bits per heavy atom. The predicted molar refractivity (Wildman–Crippen MR) is 88.8 cm³/mol. The van der Waals surface area contributed by atoms with Crippen LogP contribution in [-0.4, -0.2) is 60.3 Å². The van der Waals surface area contributed by atoms with Crippen LogP contribution in [0.2, 0.25) is 0 Å². The Morgan fingerprint density at radius 1 is 1.21 bits per heavy atom. The Morgan fingerprint density at radius 3 is 2.29 bits per heavy atom. The minimum absolute atomic E-state index is 0.280. The van der Waals surface area contributed by atoms with E-state index in [4.69, 9.17) is 0 Å². The van der Waals surface area contributed by atoms with Crippen molar-refractivity contribution in [2.45, 2.75) is 12.5 Å². The van der Waals surface area contributed by atoms with Gasteiger partial charge in [0, 0.05) is 0 Å². The lowest BCUT2D eigenvalue weighted by Gasteiger charge is -2.18. The quantitative estimate of drug-likeness (QED) is 0.575. The van der Waals surface area contributed by atoms with Gasteiger partial charge in [0.1, 0.15) is 12.6 Å². The van der Waals surface area contributed by atoms with Crippen LogP contribution in [0, 0.1) is 0 Å². The van der Waals surface area contributed by atoms with Crippen LogP contribution in [-0.2, 0) is 14.3 Å². The Balaban J connectivity index is 2.03. The van der Waals surface area contributed by atoms with E-state index in [1.165, 1.54) is 18.9 Å². The zero-order valence-electron chi connectivity index (χ0n) is 13.4. The topological polar surface area (TPSA) is 92.8 Å². The molecule has 0 radical (unpaired) electrons. The number of hydrogen-bond acceptors (Lipinski definition) is 6. The van der Waals surface area contributed by atoms with Gasteiger partial charge in [-0.15, -0.1) is 0 Å². The highest BCUT2D eigenvalue weighted by atomic mass is 32.2. The number of hydrogen-bond donors (Lipinski definition) is 1. The van der Waals surface area contributed by atoms with Gasteiger partial charge < -0.3 is 10.1 Å². The van der Waals surface area contributed by atoms with Crippen molar-refractivity contribution >= 4 is 35.5 Å². The second-order valence-corrected chi connectivity index (χ2v) is 6.15. The molecule has 1 heterocycles. The molecule has 0 saturated heterocycles. The number of imide groups is 1. The second-order valence-electron chi connectivity index (χ2n) is 5.17. The summed E-state index contributed by atoms with van der Waals surface area (Å²) in [5, 5.41) is 2.52. The monoisotopic (exact) mass is 350 g/mol. The van der Waals surface area contributed by atoms with Crippen LogP contribution in [0.1, 0.15) is 27.1 Å². The third-order valence-electron chi connectivity index (χ3n) is 3.61. The summed E-state index contributed by atoms with van der Waals surface area (Å²) < 4.78 is 4.66. The number of methoxy groups -OCH3 is 1. The Bertz CT molecular complexity index is 641. The molecule has 1 aliphatic rings. The zero-order chi connectivity index (χ0) is 17.7. The normalized spacial score (nSPS) is 14.3. The number of thioether (sulfide) groups is 1. The number of benzene rings is 1. The van der Waals surface area contributed by atoms with Crippen LogP contribution in [0.5, 0.6) is 0 Å². The number of ether oxygens (including phenoxy) is 1. The SMILES string of the molecule is COC(=O)[C@@H](CCSC)NC(=O)CN1C(=O)c2ccccc2C1=O. The fraction of sp³-hybridized carbons (Fsp3) is 0.375. The Labute approximate surface area is 143 Å². The molecule has 0 bridgehead atoms. The number of fused-ring (bicyclic) bond motifs is 1. The van der Waals surface area contributed by atoms with Crippen LogP contribution < -0.4 is 5.32 Å². The lowest BCUT2D eigenvalue weighted by Crippen LogP contribution is -2.47. The summed E-state index contributed by atoms with van der Waals surface area (Å²) in [6.07, 6.45) is 2.29. The van der Waals surface area contributed by atoms with Crippen molar-refractivity contribution in [2.75, 3.05) is 25.7 Å². The highest BCUT2D eigenvalue weighted by Gasteiger charge is 2.36. The summed E-state index contributed by atoms with van der Waals surface area (Å²) in [6, 6.07) is 5.60. The molecule has 128 valence electrons. The molecule has 3 amide bonds. The number of esters is 1. The predicted octanol–water partition coefficient (Wildman–Crippen LogP) is 0.693. The first kappa shape index (κ1) is 18.0. The zero-order valence-corrected chi connectivity index (χ0v) is 14.2. The van der Waals surface area contributed by atoms with Crippen molar-refractivity contribution in [3.63, 3.8) is 0 Å². The molecule has 1 aromatic carbocycles. The molecule has 1 aromatic rings. The Kier molecular flexibility index (Phi) is 5.97. The maximum atomic E-state index is 12.2. The van der Waals surface area contributed by atoms with Crippen molar-refractivity contribution in [1.29, 1.82) is 0 Å². The number of nitrogens with zero attached hydrogens (tertiary/aromatic N) is 1. The maximum Gasteiger partial charge on any atom is 0.328 e. The molecule has 0 unspecified atom stereocenters. The lowest BCUT2D eigenvalue weighted by molar-refractivity contribution is -0.145. The molecule has 0 aromatic heterocycles. The molecule has 0 aliphatic carbocycles. The molecule has 0 saturated carbocycles. The highest BCUT2D eigenvalue weighted by Crippen LogP contribution is 2.21. The molecule has 1 aliphatic heterocycles. The number of rotatable bonds is 7. The number of nitrogens with one attached hydrogen (secondary N) is 1. The lowest BCUT2D eigenvalue weighted by atomic mass is 10.1. The average Bonchev–Trinajstić information content (AvgIpc) is 2.83. The van der Waals surface area contributed by atoms with Gasteiger partial charge in [0.2, 0.25) is 5.91 Å².